The lowest BCUT2D eigenvalue weighted by atomic mass is 9.57. The number of hydrogen-bond donors (Lipinski definition) is 1. The van der Waals surface area contributed by atoms with Gasteiger partial charge in [-0.15, -0.1) is 0 Å². The summed E-state index contributed by atoms with van der Waals surface area (Å²) >= 11 is 0. The molecule has 1 spiro atoms. The highest BCUT2D eigenvalue weighted by molar-refractivity contribution is 5.29. The predicted molar refractivity (Wildman–Crippen MR) is 83.1 cm³/mol. The topological polar surface area (TPSA) is 21.3 Å². The second kappa shape index (κ2) is 5.77. The van der Waals surface area contributed by atoms with Crippen LogP contribution in [0.25, 0.3) is 0 Å². The number of ether oxygens (including phenoxy) is 1. The first-order valence-electron chi connectivity index (χ1n) is 8.13. The molecule has 0 aliphatic heterocycles. The lowest BCUT2D eigenvalue weighted by Gasteiger charge is -2.53. The first kappa shape index (κ1) is 13.9. The fourth-order valence-electron chi connectivity index (χ4n) is 4.10. The number of nitrogens with one attached hydrogen (secondary N) is 1. The van der Waals surface area contributed by atoms with Crippen LogP contribution in [0.4, 0.5) is 0 Å². The molecule has 0 saturated heterocycles. The van der Waals surface area contributed by atoms with Crippen LogP contribution in [0.15, 0.2) is 24.3 Å². The third-order valence-electron chi connectivity index (χ3n) is 5.59. The van der Waals surface area contributed by atoms with Crippen LogP contribution >= 0.6 is 0 Å². The van der Waals surface area contributed by atoms with Crippen molar-refractivity contribution in [2.45, 2.75) is 64.0 Å². The van der Waals surface area contributed by atoms with Gasteiger partial charge in [0.15, 0.2) is 0 Å². The van der Waals surface area contributed by atoms with Crippen molar-refractivity contribution in [1.29, 1.82) is 0 Å². The molecule has 2 aliphatic carbocycles. The second-order valence-corrected chi connectivity index (χ2v) is 6.68. The van der Waals surface area contributed by atoms with Crippen LogP contribution in [0.2, 0.25) is 0 Å². The average molecular weight is 273 g/mol. The van der Waals surface area contributed by atoms with E-state index >= 15 is 0 Å². The Bertz CT molecular complexity index is 433. The highest BCUT2D eigenvalue weighted by atomic mass is 16.5. The van der Waals surface area contributed by atoms with Crippen molar-refractivity contribution in [1.82, 2.24) is 5.32 Å². The van der Waals surface area contributed by atoms with Gasteiger partial charge in [0.05, 0.1) is 7.11 Å². The average Bonchev–Trinajstić information content (AvgIpc) is 2.52. The molecule has 110 valence electrons. The Morgan fingerprint density at radius 1 is 1.10 bits per heavy atom. The summed E-state index contributed by atoms with van der Waals surface area (Å²) < 4.78 is 5.23. The van der Waals surface area contributed by atoms with E-state index in [1.165, 1.54) is 50.5 Å². The lowest BCUT2D eigenvalue weighted by Crippen LogP contribution is -2.54. The Morgan fingerprint density at radius 2 is 1.80 bits per heavy atom. The van der Waals surface area contributed by atoms with Gasteiger partial charge in [0.1, 0.15) is 5.75 Å². The van der Waals surface area contributed by atoms with Gasteiger partial charge in [0.2, 0.25) is 0 Å². The molecule has 3 rings (SSSR count). The van der Waals surface area contributed by atoms with Crippen molar-refractivity contribution in [3.8, 4) is 5.75 Å². The maximum atomic E-state index is 5.23. The largest absolute Gasteiger partial charge is 0.497 e. The van der Waals surface area contributed by atoms with Crippen LogP contribution in [0.5, 0.6) is 5.75 Å². The fourth-order valence-corrected chi connectivity index (χ4v) is 4.10. The van der Waals surface area contributed by atoms with E-state index in [2.05, 4.69) is 36.5 Å². The monoisotopic (exact) mass is 273 g/mol. The molecule has 2 heteroatoms. The quantitative estimate of drug-likeness (QED) is 0.874. The van der Waals surface area contributed by atoms with Crippen molar-refractivity contribution in [2.24, 2.45) is 5.41 Å². The summed E-state index contributed by atoms with van der Waals surface area (Å²) in [6.45, 7) is 2.29. The molecule has 2 fully saturated rings. The minimum atomic E-state index is 0.435. The first-order valence-corrected chi connectivity index (χ1v) is 8.13. The molecule has 0 amide bonds. The van der Waals surface area contributed by atoms with Crippen molar-refractivity contribution < 1.29 is 4.74 Å². The Labute approximate surface area is 122 Å². The summed E-state index contributed by atoms with van der Waals surface area (Å²) in [5.74, 6) is 0.938. The smallest absolute Gasteiger partial charge is 0.118 e. The molecule has 0 aromatic heterocycles. The predicted octanol–water partition coefficient (Wildman–Crippen LogP) is 4.46. The molecular formula is C18H27NO. The van der Waals surface area contributed by atoms with E-state index in [0.717, 1.165) is 11.8 Å². The maximum absolute atomic E-state index is 5.23. The highest BCUT2D eigenvalue weighted by Gasteiger charge is 2.46. The molecule has 1 N–H and O–H groups in total. The normalized spacial score (nSPS) is 26.0. The fraction of sp³-hybridized carbons (Fsp3) is 0.667. The minimum absolute atomic E-state index is 0.435. The molecule has 0 heterocycles. The van der Waals surface area contributed by atoms with Gasteiger partial charge in [0, 0.05) is 12.1 Å². The second-order valence-electron chi connectivity index (χ2n) is 6.68. The molecule has 2 atom stereocenters. The SMILES string of the molecule is COc1ccc([C@H](C)NC2CCC23CCCCC3)cc1. The Morgan fingerprint density at radius 3 is 2.35 bits per heavy atom. The zero-order valence-electron chi connectivity index (χ0n) is 12.8. The van der Waals surface area contributed by atoms with Crippen LogP contribution in [-0.4, -0.2) is 13.2 Å². The number of hydrogen-bond acceptors (Lipinski definition) is 2. The van der Waals surface area contributed by atoms with Gasteiger partial charge in [-0.1, -0.05) is 31.4 Å². The molecule has 20 heavy (non-hydrogen) atoms. The van der Waals surface area contributed by atoms with Crippen molar-refractivity contribution in [2.75, 3.05) is 7.11 Å². The van der Waals surface area contributed by atoms with Crippen molar-refractivity contribution >= 4 is 0 Å². The van der Waals surface area contributed by atoms with Gasteiger partial charge in [-0.25, -0.2) is 0 Å². The summed E-state index contributed by atoms with van der Waals surface area (Å²) in [7, 11) is 1.72. The molecular weight excluding hydrogens is 246 g/mol. The van der Waals surface area contributed by atoms with Crippen LogP contribution in [0.1, 0.15) is 63.5 Å². The zero-order valence-corrected chi connectivity index (χ0v) is 12.8. The highest BCUT2D eigenvalue weighted by Crippen LogP contribution is 2.52. The van der Waals surface area contributed by atoms with Gasteiger partial charge in [-0.3, -0.25) is 0 Å². The number of methoxy groups -OCH3 is 1. The molecule has 0 bridgehead atoms. The number of rotatable bonds is 4. The zero-order chi connectivity index (χ0) is 14.0. The van der Waals surface area contributed by atoms with Crippen LogP contribution in [0.3, 0.4) is 0 Å². The summed E-state index contributed by atoms with van der Waals surface area (Å²) in [5.41, 5.74) is 2.00. The third-order valence-corrected chi connectivity index (χ3v) is 5.59. The molecule has 1 aromatic carbocycles. The molecule has 1 aromatic rings. The van der Waals surface area contributed by atoms with E-state index in [4.69, 9.17) is 4.74 Å². The van der Waals surface area contributed by atoms with Gasteiger partial charge in [0.25, 0.3) is 0 Å². The molecule has 1 unspecified atom stereocenters. The van der Waals surface area contributed by atoms with E-state index in [1.807, 2.05) is 0 Å². The van der Waals surface area contributed by atoms with Gasteiger partial charge >= 0.3 is 0 Å². The molecule has 2 aliphatic rings. The molecule has 0 radical (unpaired) electrons. The van der Waals surface area contributed by atoms with E-state index in [0.29, 0.717) is 11.5 Å². The van der Waals surface area contributed by atoms with Gasteiger partial charge in [-0.05, 0) is 55.7 Å². The lowest BCUT2D eigenvalue weighted by molar-refractivity contribution is 0.0174. The summed E-state index contributed by atoms with van der Waals surface area (Å²) in [6.07, 6.45) is 10.0. The van der Waals surface area contributed by atoms with E-state index < -0.39 is 0 Å². The van der Waals surface area contributed by atoms with E-state index in [-0.39, 0.29) is 0 Å². The first-order chi connectivity index (χ1) is 9.73. The molecule has 2 saturated carbocycles. The number of benzene rings is 1. The Hall–Kier alpha value is -1.02. The minimum Gasteiger partial charge on any atom is -0.497 e. The van der Waals surface area contributed by atoms with Crippen molar-refractivity contribution in [3.05, 3.63) is 29.8 Å². The standard InChI is InChI=1S/C18H27NO/c1-14(15-6-8-16(20-2)9-7-15)19-17-10-13-18(17)11-4-3-5-12-18/h6-9,14,17,19H,3-5,10-13H2,1-2H3/t14-,17?/m0/s1. The third kappa shape index (κ3) is 2.58. The van der Waals surface area contributed by atoms with Crippen molar-refractivity contribution in [3.63, 3.8) is 0 Å². The van der Waals surface area contributed by atoms with E-state index in [1.54, 1.807) is 7.11 Å². The summed E-state index contributed by atoms with van der Waals surface area (Å²) in [5, 5.41) is 3.89. The van der Waals surface area contributed by atoms with Gasteiger partial charge < -0.3 is 10.1 Å². The maximum Gasteiger partial charge on any atom is 0.118 e. The van der Waals surface area contributed by atoms with Crippen LogP contribution in [-0.2, 0) is 0 Å². The van der Waals surface area contributed by atoms with Crippen LogP contribution < -0.4 is 10.1 Å². The Kier molecular flexibility index (Phi) is 4.02. The van der Waals surface area contributed by atoms with E-state index in [9.17, 15) is 0 Å². The van der Waals surface area contributed by atoms with Gasteiger partial charge in [-0.2, -0.15) is 0 Å². The summed E-state index contributed by atoms with van der Waals surface area (Å²) in [6, 6.07) is 9.66. The summed E-state index contributed by atoms with van der Waals surface area (Å²) in [4.78, 5) is 0. The van der Waals surface area contributed by atoms with Crippen LogP contribution in [0, 0.1) is 5.41 Å². The molecule has 2 nitrogen and oxygen atoms in total. The Balaban J connectivity index is 1.62.